The van der Waals surface area contributed by atoms with E-state index in [1.807, 2.05) is 0 Å². The summed E-state index contributed by atoms with van der Waals surface area (Å²) in [7, 11) is 11.1. The summed E-state index contributed by atoms with van der Waals surface area (Å²) < 4.78 is 11.8. The van der Waals surface area contributed by atoms with Crippen molar-refractivity contribution in [2.75, 3.05) is 0 Å². The Bertz CT molecular complexity index is 7410. The van der Waals surface area contributed by atoms with E-state index >= 15 is 0 Å². The lowest BCUT2D eigenvalue weighted by Crippen LogP contribution is -2.34. The van der Waals surface area contributed by atoms with Gasteiger partial charge in [-0.1, -0.05) is 224 Å². The summed E-state index contributed by atoms with van der Waals surface area (Å²) in [4.78, 5) is 0. The van der Waals surface area contributed by atoms with Crippen molar-refractivity contribution in [3.05, 3.63) is 380 Å². The highest BCUT2D eigenvalue weighted by molar-refractivity contribution is 5.91. The molecule has 0 saturated carbocycles. The topological polar surface area (TPSA) is 19.4 Å². The summed E-state index contributed by atoms with van der Waals surface area (Å²) in [6.07, 6.45) is 30.9. The number of pyridine rings is 5. The molecule has 0 spiro atoms. The number of benzene rings is 10. The van der Waals surface area contributed by atoms with E-state index in [9.17, 15) is 0 Å². The first kappa shape index (κ1) is 86.7. The SMILES string of the molecule is Cc1cc(C)c(-c2cc3c(c[n+]2C)C(C)(C)CC3(C)C)c2c1-c1ccccc1C2.Cc1ccc2c(c1)-c1ccc(C)c(-c3cc4c(c[n+]3C)CCC4)c1C2.Cc1ccc2c(c1)Cc1c-2ccc(C)c1-c1cc2c(c[n+]1C)CCC2.Cc1ccc2c(c1-c1cc3c(c[n+]1C)C(C)(C)CC3(C)C)Cc1ccccc1-2.Cc1cccc2c1Cc1c-2ccc(C)c1-c1cc2c(c[n+]1C)CCC2. The number of hydrogen-bond acceptors (Lipinski definition) is 0. The summed E-state index contributed by atoms with van der Waals surface area (Å²) in [5.74, 6) is 0. The lowest BCUT2D eigenvalue weighted by atomic mass is 9.81. The highest BCUT2D eigenvalue weighted by Gasteiger charge is 2.47. The minimum atomic E-state index is 0.215. The maximum Gasteiger partial charge on any atom is 0.213 e. The molecule has 15 aromatic rings. The van der Waals surface area contributed by atoms with Crippen molar-refractivity contribution in [1.82, 2.24) is 0 Å². The Morgan fingerprint density at radius 1 is 0.205 bits per heavy atom. The maximum atomic E-state index is 2.50. The first-order valence-electron chi connectivity index (χ1n) is 49.4. The van der Waals surface area contributed by atoms with Crippen LogP contribution in [0.5, 0.6) is 0 Å². The normalized spacial score (nSPS) is 15.9. The fourth-order valence-corrected chi connectivity index (χ4v) is 26.8. The highest BCUT2D eigenvalue weighted by atomic mass is 15.0. The van der Waals surface area contributed by atoms with E-state index in [0.29, 0.717) is 0 Å². The van der Waals surface area contributed by atoms with Crippen LogP contribution >= 0.6 is 0 Å². The molecule has 0 saturated heterocycles. The summed E-state index contributed by atoms with van der Waals surface area (Å²) in [5.41, 5.74) is 71.9. The molecule has 0 amide bonds. The molecule has 0 atom stereocenters. The summed E-state index contributed by atoms with van der Waals surface area (Å²) >= 11 is 0. The van der Waals surface area contributed by atoms with Gasteiger partial charge in [-0.05, 0) is 365 Å². The second kappa shape index (κ2) is 32.4. The smallest absolute Gasteiger partial charge is 0.201 e. The Morgan fingerprint density at radius 2 is 0.530 bits per heavy atom. The van der Waals surface area contributed by atoms with Crippen molar-refractivity contribution in [2.45, 2.75) is 242 Å². The number of aryl methyl sites for hydroxylation is 20. The molecule has 0 fully saturated rings. The van der Waals surface area contributed by atoms with Gasteiger partial charge in [0.1, 0.15) is 35.2 Å². The third-order valence-electron chi connectivity index (χ3n) is 32.7. The first-order chi connectivity index (χ1) is 63.1. The van der Waals surface area contributed by atoms with Crippen LogP contribution in [0.2, 0.25) is 0 Å². The van der Waals surface area contributed by atoms with Crippen LogP contribution in [0.3, 0.4) is 0 Å². The van der Waals surface area contributed by atoms with Crippen molar-refractivity contribution in [2.24, 2.45) is 35.2 Å². The summed E-state index contributed by atoms with van der Waals surface area (Å²) in [6.45, 7) is 39.4. The number of fused-ring (bicyclic) bond motifs is 20. The first-order valence-corrected chi connectivity index (χ1v) is 49.4. The number of rotatable bonds is 5. The molecule has 25 rings (SSSR count). The lowest BCUT2D eigenvalue weighted by Gasteiger charge is -2.22. The van der Waals surface area contributed by atoms with Gasteiger partial charge in [0, 0.05) is 58.1 Å². The zero-order valence-corrected chi connectivity index (χ0v) is 82.8. The fourth-order valence-electron chi connectivity index (χ4n) is 26.8. The van der Waals surface area contributed by atoms with Crippen LogP contribution in [-0.4, -0.2) is 0 Å². The van der Waals surface area contributed by atoms with Crippen molar-refractivity contribution in [1.29, 1.82) is 0 Å². The Hall–Kier alpha value is -12.1. The molecule has 10 aliphatic carbocycles. The largest absolute Gasteiger partial charge is 0.213 e. The minimum Gasteiger partial charge on any atom is -0.201 e. The van der Waals surface area contributed by atoms with Crippen LogP contribution in [0.25, 0.3) is 112 Å². The molecule has 0 bridgehead atoms. The van der Waals surface area contributed by atoms with Crippen LogP contribution < -0.4 is 22.8 Å². The number of aromatic nitrogens is 5. The van der Waals surface area contributed by atoms with E-state index in [-0.39, 0.29) is 21.7 Å². The molecule has 10 aromatic carbocycles. The fraction of sp³-hybridized carbons (Fsp3) is 0.331. The molecule has 5 heterocycles. The van der Waals surface area contributed by atoms with Gasteiger partial charge in [-0.2, -0.15) is 0 Å². The van der Waals surface area contributed by atoms with Crippen LogP contribution in [0.15, 0.2) is 219 Å². The van der Waals surface area contributed by atoms with E-state index in [0.717, 1.165) is 32.1 Å². The molecule has 0 radical (unpaired) electrons. The molecular formula is C127H134N5+5. The molecule has 10 aliphatic rings. The Labute approximate surface area is 787 Å². The Kier molecular flexibility index (Phi) is 21.3. The average molecular weight is 1730 g/mol. The molecule has 5 aromatic heterocycles. The van der Waals surface area contributed by atoms with Gasteiger partial charge < -0.3 is 0 Å². The van der Waals surface area contributed by atoms with Crippen LogP contribution in [0.1, 0.15) is 249 Å². The molecular weight excluding hydrogens is 1600 g/mol. The third kappa shape index (κ3) is 14.6. The monoisotopic (exact) mass is 1730 g/mol. The molecule has 0 unspecified atom stereocenters. The summed E-state index contributed by atoms with van der Waals surface area (Å²) in [6, 6.07) is 71.6. The van der Waals surface area contributed by atoms with Crippen LogP contribution in [0, 0.1) is 62.3 Å². The standard InChI is InChI=1S/C28H32N.C27H30N.3C24H24N/c1-17-12-18(2)26(21-13-19-10-8-9-11-20(19)25(17)21)24-14-22-23(15-29(24)7)28(5,6)16-27(22,3)4;1-17-11-12-20-19-10-8-7-9-18(19)13-21(20)25(17)24-14-22-23(15-28(24)6)27(4,5)16-26(22,2)3;1-15-6-4-9-19-20-11-10-16(2)24(22(20)13-21(15)19)23-12-17-7-5-8-18(17)14-25(23)3;1-15-7-9-18-12-22-20(21(18)11-15)10-8-16(2)24(22)23-13-17-5-4-6-19(17)14-25(23)3;1-15-7-9-20-19(11-15)12-22-21(20)10-8-16(2)24(22)23-13-17-5-4-6-18(17)14-25(23)3/h8-12,14-15H,13,16H2,1-7H3;7-12,14-15H,13,16H2,1-6H3;4,6,9-12,14H,5,7-8,13H2,1-3H3;2*7-11,13-14H,4-6,12H2,1-3H3/q5*+1. The van der Waals surface area contributed by atoms with Crippen LogP contribution in [-0.2, 0) is 128 Å². The Morgan fingerprint density at radius 3 is 1.02 bits per heavy atom. The third-order valence-corrected chi connectivity index (χ3v) is 32.7. The van der Waals surface area contributed by atoms with E-state index in [1.165, 1.54) is 327 Å². The quantitative estimate of drug-likeness (QED) is 0.153. The van der Waals surface area contributed by atoms with Gasteiger partial charge in [0.2, 0.25) is 28.5 Å². The van der Waals surface area contributed by atoms with Gasteiger partial charge in [0.05, 0.1) is 27.8 Å². The van der Waals surface area contributed by atoms with Crippen LogP contribution in [0.4, 0.5) is 0 Å². The van der Waals surface area contributed by atoms with Gasteiger partial charge in [-0.3, -0.25) is 0 Å². The molecule has 0 aliphatic heterocycles. The van der Waals surface area contributed by atoms with Gasteiger partial charge in [-0.25, -0.2) is 22.8 Å². The predicted molar refractivity (Wildman–Crippen MR) is 547 cm³/mol. The van der Waals surface area contributed by atoms with Crippen molar-refractivity contribution >= 4 is 0 Å². The minimum absolute atomic E-state index is 0.215. The molecule has 132 heavy (non-hydrogen) atoms. The highest BCUT2D eigenvalue weighted by Crippen LogP contribution is 2.55. The summed E-state index contributed by atoms with van der Waals surface area (Å²) in [5, 5.41) is 0. The maximum absolute atomic E-state index is 2.50. The lowest BCUT2D eigenvalue weighted by molar-refractivity contribution is -0.661. The average Bonchev–Trinajstić information content (AvgIpc) is 1.57. The second-order valence-corrected chi connectivity index (χ2v) is 44.1. The molecule has 5 nitrogen and oxygen atoms in total. The predicted octanol–water partition coefficient (Wildman–Crippen LogP) is 26.9. The van der Waals surface area contributed by atoms with E-state index < -0.39 is 0 Å². The van der Waals surface area contributed by atoms with Crippen molar-refractivity contribution < 1.29 is 22.8 Å². The molecule has 662 valence electrons. The zero-order valence-electron chi connectivity index (χ0n) is 82.8. The molecule has 5 heteroatoms. The molecule has 0 N–H and O–H groups in total. The van der Waals surface area contributed by atoms with Crippen molar-refractivity contribution in [3.63, 3.8) is 0 Å². The zero-order chi connectivity index (χ0) is 91.9. The van der Waals surface area contributed by atoms with E-state index in [2.05, 4.69) is 395 Å². The van der Waals surface area contributed by atoms with Gasteiger partial charge >= 0.3 is 0 Å². The Balaban J connectivity index is 0.0000000996. The second-order valence-electron chi connectivity index (χ2n) is 44.1. The van der Waals surface area contributed by atoms with Gasteiger partial charge in [-0.15, -0.1) is 0 Å². The van der Waals surface area contributed by atoms with Gasteiger partial charge in [0.25, 0.3) is 0 Å². The number of hydrogen-bond donors (Lipinski definition) is 0. The van der Waals surface area contributed by atoms with E-state index in [1.54, 1.807) is 16.7 Å². The number of nitrogens with zero attached hydrogens (tertiary/aromatic N) is 5. The van der Waals surface area contributed by atoms with Crippen molar-refractivity contribution in [3.8, 4) is 112 Å². The van der Waals surface area contributed by atoms with Gasteiger partial charge in [0.15, 0.2) is 31.0 Å². The van der Waals surface area contributed by atoms with E-state index in [4.69, 9.17) is 0 Å².